The first-order valence-corrected chi connectivity index (χ1v) is 10.7. The summed E-state index contributed by atoms with van der Waals surface area (Å²) in [6.07, 6.45) is -8.44. The highest BCUT2D eigenvalue weighted by Gasteiger charge is 2.34. The standard InChI is InChI=1S/C22H13F6NO3S/c23-21(24,25)15-10-16(29-9-8-14-4-1-2-7-20(14)29)12-19(11-15)33(30,31)18-6-3-5-17(13-18)32-22(26,27)28/h1-13H. The minimum absolute atomic E-state index is 0.0766. The number of rotatable bonds is 4. The van der Waals surface area contributed by atoms with Crippen molar-refractivity contribution >= 4 is 20.7 Å². The number of hydrogen-bond donors (Lipinski definition) is 0. The van der Waals surface area contributed by atoms with Gasteiger partial charge in [-0.1, -0.05) is 24.3 Å². The molecule has 0 saturated heterocycles. The molecule has 1 aromatic heterocycles. The zero-order valence-electron chi connectivity index (χ0n) is 16.4. The summed E-state index contributed by atoms with van der Waals surface area (Å²) in [5.74, 6) is -0.813. The van der Waals surface area contributed by atoms with Crippen LogP contribution in [-0.4, -0.2) is 19.3 Å². The van der Waals surface area contributed by atoms with Crippen LogP contribution in [0.1, 0.15) is 5.56 Å². The highest BCUT2D eigenvalue weighted by molar-refractivity contribution is 7.91. The van der Waals surface area contributed by atoms with Crippen LogP contribution in [0.3, 0.4) is 0 Å². The summed E-state index contributed by atoms with van der Waals surface area (Å²) in [6, 6.07) is 14.2. The van der Waals surface area contributed by atoms with Crippen LogP contribution in [-0.2, 0) is 16.0 Å². The number of nitrogens with zero attached hydrogens (tertiary/aromatic N) is 1. The van der Waals surface area contributed by atoms with Crippen LogP contribution in [0.25, 0.3) is 16.6 Å². The number of halogens is 6. The third kappa shape index (κ3) is 4.68. The molecule has 0 N–H and O–H groups in total. The van der Waals surface area contributed by atoms with E-state index in [2.05, 4.69) is 4.74 Å². The van der Waals surface area contributed by atoms with Crippen molar-refractivity contribution in [3.8, 4) is 11.4 Å². The third-order valence-electron chi connectivity index (χ3n) is 4.76. The second-order valence-electron chi connectivity index (χ2n) is 6.98. The number of ether oxygens (including phenoxy) is 1. The number of benzene rings is 3. The molecule has 0 amide bonds. The summed E-state index contributed by atoms with van der Waals surface area (Å²) in [6.45, 7) is 0. The molecule has 0 aliphatic heterocycles. The maximum absolute atomic E-state index is 13.6. The van der Waals surface area contributed by atoms with E-state index in [-0.39, 0.29) is 5.69 Å². The number of fused-ring (bicyclic) bond motifs is 1. The van der Waals surface area contributed by atoms with E-state index in [0.717, 1.165) is 35.7 Å². The van der Waals surface area contributed by atoms with Gasteiger partial charge in [0.05, 0.1) is 20.9 Å². The van der Waals surface area contributed by atoms with Gasteiger partial charge in [-0.05, 0) is 53.9 Å². The average Bonchev–Trinajstić information content (AvgIpc) is 3.16. The van der Waals surface area contributed by atoms with E-state index in [0.29, 0.717) is 17.6 Å². The van der Waals surface area contributed by atoms with E-state index in [9.17, 15) is 34.8 Å². The predicted octanol–water partition coefficient (Wildman–Crippen LogP) is 6.38. The van der Waals surface area contributed by atoms with Crippen molar-refractivity contribution < 1.29 is 39.5 Å². The van der Waals surface area contributed by atoms with Gasteiger partial charge in [0.15, 0.2) is 0 Å². The lowest BCUT2D eigenvalue weighted by Gasteiger charge is -2.15. The highest BCUT2D eigenvalue weighted by atomic mass is 32.2. The summed E-state index contributed by atoms with van der Waals surface area (Å²) in [7, 11) is -4.63. The molecule has 0 aliphatic rings. The molecule has 0 spiro atoms. The van der Waals surface area contributed by atoms with Crippen LogP contribution in [0.5, 0.6) is 5.75 Å². The van der Waals surface area contributed by atoms with Crippen LogP contribution in [0, 0.1) is 0 Å². The van der Waals surface area contributed by atoms with Gasteiger partial charge in [-0.25, -0.2) is 8.42 Å². The quantitative estimate of drug-likeness (QED) is 0.315. The minimum atomic E-state index is -5.07. The number of aromatic nitrogens is 1. The highest BCUT2D eigenvalue weighted by Crippen LogP contribution is 2.36. The first kappa shape index (κ1) is 22.7. The third-order valence-corrected chi connectivity index (χ3v) is 6.49. The van der Waals surface area contributed by atoms with Crippen molar-refractivity contribution in [1.29, 1.82) is 0 Å². The normalized spacial score (nSPS) is 12.8. The van der Waals surface area contributed by atoms with Crippen LogP contribution in [0.2, 0.25) is 0 Å². The predicted molar refractivity (Wildman–Crippen MR) is 107 cm³/mol. The van der Waals surface area contributed by atoms with Gasteiger partial charge in [0.1, 0.15) is 5.75 Å². The number of hydrogen-bond acceptors (Lipinski definition) is 3. The Bertz CT molecular complexity index is 1440. The Labute approximate surface area is 183 Å². The van der Waals surface area contributed by atoms with E-state index in [1.54, 1.807) is 30.3 Å². The summed E-state index contributed by atoms with van der Waals surface area (Å²) in [5, 5.41) is 0.719. The SMILES string of the molecule is O=S(=O)(c1cccc(OC(F)(F)F)c1)c1cc(-n2ccc3ccccc32)cc(C(F)(F)F)c1. The Balaban J connectivity index is 1.89. The Kier molecular flexibility index (Phi) is 5.39. The molecule has 0 fully saturated rings. The van der Waals surface area contributed by atoms with E-state index in [4.69, 9.17) is 0 Å². The van der Waals surface area contributed by atoms with Crippen LogP contribution in [0.15, 0.2) is 88.8 Å². The van der Waals surface area contributed by atoms with Crippen molar-refractivity contribution in [3.05, 3.63) is 84.6 Å². The lowest BCUT2D eigenvalue weighted by Crippen LogP contribution is -2.17. The van der Waals surface area contributed by atoms with Gasteiger partial charge in [-0.3, -0.25) is 0 Å². The molecular weight excluding hydrogens is 472 g/mol. The number of alkyl halides is 6. The maximum atomic E-state index is 13.6. The smallest absolute Gasteiger partial charge is 0.406 e. The molecule has 0 saturated carbocycles. The van der Waals surface area contributed by atoms with Crippen molar-refractivity contribution in [2.45, 2.75) is 22.3 Å². The molecule has 4 rings (SSSR count). The number of sulfone groups is 1. The van der Waals surface area contributed by atoms with E-state index in [1.165, 1.54) is 10.8 Å². The summed E-state index contributed by atoms with van der Waals surface area (Å²) in [4.78, 5) is -1.37. The van der Waals surface area contributed by atoms with Gasteiger partial charge in [0, 0.05) is 11.9 Å². The van der Waals surface area contributed by atoms with Gasteiger partial charge >= 0.3 is 12.5 Å². The Morgan fingerprint density at radius 2 is 1.48 bits per heavy atom. The zero-order chi connectivity index (χ0) is 24.0. The lowest BCUT2D eigenvalue weighted by molar-refractivity contribution is -0.274. The molecule has 1 heterocycles. The van der Waals surface area contributed by atoms with Crippen molar-refractivity contribution in [2.24, 2.45) is 0 Å². The fourth-order valence-corrected chi connectivity index (χ4v) is 4.68. The van der Waals surface area contributed by atoms with E-state index >= 15 is 0 Å². The molecular formula is C22H13F6NO3S. The Hall–Kier alpha value is -3.47. The molecule has 3 aromatic carbocycles. The van der Waals surface area contributed by atoms with Gasteiger partial charge in [0.2, 0.25) is 9.84 Å². The van der Waals surface area contributed by atoms with Crippen molar-refractivity contribution in [1.82, 2.24) is 4.57 Å². The fraction of sp³-hybridized carbons (Fsp3) is 0.0909. The maximum Gasteiger partial charge on any atom is 0.573 e. The minimum Gasteiger partial charge on any atom is -0.406 e. The van der Waals surface area contributed by atoms with Gasteiger partial charge in [-0.2, -0.15) is 13.2 Å². The Morgan fingerprint density at radius 3 is 2.18 bits per heavy atom. The second kappa shape index (κ2) is 7.84. The average molecular weight is 485 g/mol. The zero-order valence-corrected chi connectivity index (χ0v) is 17.2. The number of para-hydroxylation sites is 1. The summed E-state index contributed by atoms with van der Waals surface area (Å²) < 4.78 is 110. The fourth-order valence-electron chi connectivity index (χ4n) is 3.32. The lowest BCUT2D eigenvalue weighted by atomic mass is 10.2. The molecule has 11 heteroatoms. The van der Waals surface area contributed by atoms with Gasteiger partial charge in [0.25, 0.3) is 0 Å². The molecule has 4 nitrogen and oxygen atoms in total. The van der Waals surface area contributed by atoms with Crippen LogP contribution in [0.4, 0.5) is 26.3 Å². The molecule has 0 atom stereocenters. The summed E-state index contributed by atoms with van der Waals surface area (Å²) >= 11 is 0. The molecule has 33 heavy (non-hydrogen) atoms. The molecule has 4 aromatic rings. The first-order chi connectivity index (χ1) is 15.3. The van der Waals surface area contributed by atoms with Crippen molar-refractivity contribution in [2.75, 3.05) is 0 Å². The molecule has 0 unspecified atom stereocenters. The van der Waals surface area contributed by atoms with Gasteiger partial charge < -0.3 is 9.30 Å². The topological polar surface area (TPSA) is 48.3 Å². The van der Waals surface area contributed by atoms with Gasteiger partial charge in [-0.15, -0.1) is 13.2 Å². The largest absolute Gasteiger partial charge is 0.573 e. The van der Waals surface area contributed by atoms with Crippen molar-refractivity contribution in [3.63, 3.8) is 0 Å². The van der Waals surface area contributed by atoms with E-state index < -0.39 is 43.5 Å². The molecule has 0 aliphatic carbocycles. The molecule has 172 valence electrons. The van der Waals surface area contributed by atoms with Crippen LogP contribution < -0.4 is 4.74 Å². The summed E-state index contributed by atoms with van der Waals surface area (Å²) in [5.41, 5.74) is -0.757. The monoisotopic (exact) mass is 485 g/mol. The molecule has 0 radical (unpaired) electrons. The van der Waals surface area contributed by atoms with Crippen LogP contribution >= 0.6 is 0 Å². The first-order valence-electron chi connectivity index (χ1n) is 9.24. The molecule has 0 bridgehead atoms. The second-order valence-corrected chi connectivity index (χ2v) is 8.93. The Morgan fingerprint density at radius 1 is 0.758 bits per heavy atom. The van der Waals surface area contributed by atoms with E-state index in [1.807, 2.05) is 0 Å².